The lowest BCUT2D eigenvalue weighted by molar-refractivity contribution is 0.270. The predicted molar refractivity (Wildman–Crippen MR) is 65.4 cm³/mol. The fraction of sp³-hybridized carbons (Fsp3) is 0.917. The lowest BCUT2D eigenvalue weighted by Gasteiger charge is -2.40. The molecule has 0 radical (unpaired) electrons. The van der Waals surface area contributed by atoms with Gasteiger partial charge in [-0.1, -0.05) is 25.7 Å². The van der Waals surface area contributed by atoms with Crippen LogP contribution in [0.5, 0.6) is 0 Å². The Kier molecular flexibility index (Phi) is 3.69. The van der Waals surface area contributed by atoms with Gasteiger partial charge in [0.2, 0.25) is 6.08 Å². The van der Waals surface area contributed by atoms with Crippen molar-refractivity contribution in [3.05, 3.63) is 0 Å². The van der Waals surface area contributed by atoms with E-state index >= 15 is 0 Å². The highest BCUT2D eigenvalue weighted by molar-refractivity contribution is 7.92. The number of sulfone groups is 1. The summed E-state index contributed by atoms with van der Waals surface area (Å²) in [6.45, 7) is 0. The third-order valence-electron chi connectivity index (χ3n) is 4.17. The van der Waals surface area contributed by atoms with Crippen LogP contribution in [-0.2, 0) is 14.6 Å². The first-order valence-corrected chi connectivity index (χ1v) is 8.13. The highest BCUT2D eigenvalue weighted by Crippen LogP contribution is 2.41. The molecule has 2 aliphatic rings. The van der Waals surface area contributed by atoms with E-state index in [-0.39, 0.29) is 5.75 Å². The normalized spacial score (nSPS) is 31.4. The molecule has 0 N–H and O–H groups in total. The zero-order valence-electron chi connectivity index (χ0n) is 10.0. The van der Waals surface area contributed by atoms with Gasteiger partial charge < -0.3 is 0 Å². The SMILES string of the molecule is O=C=NC1(C2CCCCS2(=O)=O)CCCCC1. The predicted octanol–water partition coefficient (Wildman–Crippen LogP) is 1.99. The van der Waals surface area contributed by atoms with E-state index in [0.717, 1.165) is 44.9 Å². The molecular formula is C12H19NO3S. The lowest BCUT2D eigenvalue weighted by atomic mass is 9.78. The first-order chi connectivity index (χ1) is 8.11. The van der Waals surface area contributed by atoms with E-state index in [1.54, 1.807) is 6.08 Å². The number of rotatable bonds is 2. The first kappa shape index (κ1) is 12.8. The molecule has 0 aromatic carbocycles. The van der Waals surface area contributed by atoms with Crippen molar-refractivity contribution in [1.82, 2.24) is 0 Å². The number of hydrogen-bond acceptors (Lipinski definition) is 4. The molecule has 4 nitrogen and oxygen atoms in total. The molecule has 2 fully saturated rings. The average molecular weight is 257 g/mol. The van der Waals surface area contributed by atoms with E-state index in [1.165, 1.54) is 0 Å². The molecule has 2 rings (SSSR count). The second-order valence-electron chi connectivity index (χ2n) is 5.22. The molecule has 1 heterocycles. The molecular weight excluding hydrogens is 238 g/mol. The zero-order chi connectivity index (χ0) is 12.4. The molecule has 1 aliphatic carbocycles. The van der Waals surface area contributed by atoms with E-state index in [1.807, 2.05) is 0 Å². The van der Waals surface area contributed by atoms with Crippen molar-refractivity contribution in [2.75, 3.05) is 5.75 Å². The Labute approximate surface area is 102 Å². The molecule has 1 unspecified atom stereocenters. The minimum atomic E-state index is -3.08. The van der Waals surface area contributed by atoms with Gasteiger partial charge in [0, 0.05) is 0 Å². The fourth-order valence-corrected chi connectivity index (χ4v) is 5.69. The Morgan fingerprint density at radius 2 is 1.76 bits per heavy atom. The summed E-state index contributed by atoms with van der Waals surface area (Å²) in [7, 11) is -3.08. The largest absolute Gasteiger partial charge is 0.235 e. The summed E-state index contributed by atoms with van der Waals surface area (Å²) < 4.78 is 24.3. The van der Waals surface area contributed by atoms with E-state index in [2.05, 4.69) is 4.99 Å². The minimum absolute atomic E-state index is 0.258. The number of carbonyl (C=O) groups excluding carboxylic acids is 1. The van der Waals surface area contributed by atoms with Crippen molar-refractivity contribution in [2.45, 2.75) is 62.2 Å². The lowest BCUT2D eigenvalue weighted by Crippen LogP contribution is -2.49. The van der Waals surface area contributed by atoms with E-state index in [9.17, 15) is 13.2 Å². The smallest absolute Gasteiger partial charge is 0.228 e. The van der Waals surface area contributed by atoms with Crippen molar-refractivity contribution in [2.24, 2.45) is 4.99 Å². The van der Waals surface area contributed by atoms with Gasteiger partial charge in [-0.25, -0.2) is 13.2 Å². The van der Waals surface area contributed by atoms with Gasteiger partial charge in [0.05, 0.1) is 16.5 Å². The second kappa shape index (κ2) is 4.91. The second-order valence-corrected chi connectivity index (χ2v) is 7.52. The Bertz CT molecular complexity index is 417. The van der Waals surface area contributed by atoms with Gasteiger partial charge in [-0.15, -0.1) is 0 Å². The van der Waals surface area contributed by atoms with Crippen molar-refractivity contribution < 1.29 is 13.2 Å². The van der Waals surface area contributed by atoms with Crippen molar-refractivity contribution in [3.8, 4) is 0 Å². The van der Waals surface area contributed by atoms with Crippen LogP contribution in [0.15, 0.2) is 4.99 Å². The summed E-state index contributed by atoms with van der Waals surface area (Å²) in [4.78, 5) is 14.6. The molecule has 17 heavy (non-hydrogen) atoms. The van der Waals surface area contributed by atoms with Crippen molar-refractivity contribution >= 4 is 15.9 Å². The molecule has 0 bridgehead atoms. The molecule has 5 heteroatoms. The third kappa shape index (κ3) is 2.45. The first-order valence-electron chi connectivity index (χ1n) is 6.41. The quantitative estimate of drug-likeness (QED) is 0.561. The molecule has 0 aromatic heterocycles. The van der Waals surface area contributed by atoms with Crippen LogP contribution in [0.25, 0.3) is 0 Å². The zero-order valence-corrected chi connectivity index (χ0v) is 10.8. The number of aliphatic imine (C=N–C) groups is 1. The summed E-state index contributed by atoms with van der Waals surface area (Å²) in [5.74, 6) is 0.258. The maximum Gasteiger partial charge on any atom is 0.235 e. The topological polar surface area (TPSA) is 63.6 Å². The standard InChI is InChI=1S/C12H19NO3S/c14-10-13-12(7-3-1-4-8-12)11-6-2-5-9-17(11,15)16/h11H,1-9H2. The van der Waals surface area contributed by atoms with Crippen molar-refractivity contribution in [3.63, 3.8) is 0 Å². The van der Waals surface area contributed by atoms with Gasteiger partial charge in [-0.2, -0.15) is 4.99 Å². The van der Waals surface area contributed by atoms with Crippen LogP contribution in [0.4, 0.5) is 0 Å². The van der Waals surface area contributed by atoms with Gasteiger partial charge in [0.15, 0.2) is 9.84 Å². The van der Waals surface area contributed by atoms with Crippen LogP contribution < -0.4 is 0 Å². The molecule has 96 valence electrons. The summed E-state index contributed by atoms with van der Waals surface area (Å²) in [6.07, 6.45) is 8.47. The Balaban J connectivity index is 2.34. The van der Waals surface area contributed by atoms with Gasteiger partial charge in [0.25, 0.3) is 0 Å². The van der Waals surface area contributed by atoms with Crippen LogP contribution in [0.3, 0.4) is 0 Å². The Hall–Kier alpha value is -0.670. The molecule has 0 aromatic rings. The Morgan fingerprint density at radius 3 is 2.35 bits per heavy atom. The fourth-order valence-electron chi connectivity index (χ4n) is 3.32. The van der Waals surface area contributed by atoms with Crippen LogP contribution >= 0.6 is 0 Å². The molecule has 1 saturated heterocycles. The van der Waals surface area contributed by atoms with E-state index in [4.69, 9.17) is 0 Å². The summed E-state index contributed by atoms with van der Waals surface area (Å²) >= 11 is 0. The van der Waals surface area contributed by atoms with Gasteiger partial charge in [-0.3, -0.25) is 0 Å². The number of isocyanates is 1. The Morgan fingerprint density at radius 1 is 1.06 bits per heavy atom. The molecule has 1 aliphatic heterocycles. The third-order valence-corrected chi connectivity index (χ3v) is 6.56. The van der Waals surface area contributed by atoms with Crippen LogP contribution in [0.1, 0.15) is 51.4 Å². The van der Waals surface area contributed by atoms with Gasteiger partial charge >= 0.3 is 0 Å². The van der Waals surface area contributed by atoms with Gasteiger partial charge in [-0.05, 0) is 25.7 Å². The maximum atomic E-state index is 12.2. The highest BCUT2D eigenvalue weighted by Gasteiger charge is 2.47. The summed E-state index contributed by atoms with van der Waals surface area (Å²) in [6, 6.07) is 0. The van der Waals surface area contributed by atoms with Crippen LogP contribution in [0.2, 0.25) is 0 Å². The number of hydrogen-bond donors (Lipinski definition) is 0. The minimum Gasteiger partial charge on any atom is -0.228 e. The molecule has 0 amide bonds. The number of nitrogens with zero attached hydrogens (tertiary/aromatic N) is 1. The molecule has 1 atom stereocenters. The molecule has 1 saturated carbocycles. The van der Waals surface area contributed by atoms with Crippen LogP contribution in [-0.4, -0.2) is 31.0 Å². The van der Waals surface area contributed by atoms with Crippen LogP contribution in [0, 0.1) is 0 Å². The highest BCUT2D eigenvalue weighted by atomic mass is 32.2. The van der Waals surface area contributed by atoms with Gasteiger partial charge in [0.1, 0.15) is 0 Å². The monoisotopic (exact) mass is 257 g/mol. The average Bonchev–Trinajstić information content (AvgIpc) is 2.30. The van der Waals surface area contributed by atoms with Crippen molar-refractivity contribution in [1.29, 1.82) is 0 Å². The summed E-state index contributed by atoms with van der Waals surface area (Å²) in [5, 5.41) is -0.439. The van der Waals surface area contributed by atoms with E-state index in [0.29, 0.717) is 6.42 Å². The van der Waals surface area contributed by atoms with E-state index < -0.39 is 20.6 Å². The maximum absolute atomic E-state index is 12.2. The molecule has 0 spiro atoms. The summed E-state index contributed by atoms with van der Waals surface area (Å²) in [5.41, 5.74) is -0.654.